The zero-order valence-corrected chi connectivity index (χ0v) is 45.0. The zero-order chi connectivity index (χ0) is 52.2. The van der Waals surface area contributed by atoms with Crippen LogP contribution in [-0.2, 0) is 21.7 Å². The summed E-state index contributed by atoms with van der Waals surface area (Å²) in [6.07, 6.45) is 4.25. The Labute approximate surface area is 444 Å². The minimum atomic E-state index is -0.300. The van der Waals surface area contributed by atoms with Crippen LogP contribution >= 0.6 is 0 Å². The summed E-state index contributed by atoms with van der Waals surface area (Å²) < 4.78 is 12.8. The summed E-state index contributed by atoms with van der Waals surface area (Å²) in [5.41, 5.74) is 18.0. The van der Waals surface area contributed by atoms with E-state index in [1.165, 1.54) is 44.4 Å². The van der Waals surface area contributed by atoms with Crippen molar-refractivity contribution >= 4 is 54.9 Å². The molecule has 0 unspecified atom stereocenters. The Bertz CT molecular complexity index is 3950. The number of fused-ring (bicyclic) bond motifs is 6. The van der Waals surface area contributed by atoms with Gasteiger partial charge in [0, 0.05) is 59.5 Å². The molecular formula is C70H64N2O4. The highest BCUT2D eigenvalue weighted by molar-refractivity contribution is 6.11. The third-order valence-electron chi connectivity index (χ3n) is 18.6. The lowest BCUT2D eigenvalue weighted by atomic mass is 9.69. The van der Waals surface area contributed by atoms with Gasteiger partial charge in [-0.2, -0.15) is 0 Å². The third-order valence-corrected chi connectivity index (χ3v) is 18.6. The van der Waals surface area contributed by atoms with E-state index >= 15 is 0 Å². The van der Waals surface area contributed by atoms with Crippen LogP contribution in [0.3, 0.4) is 0 Å². The molecule has 0 saturated carbocycles. The Morgan fingerprint density at radius 1 is 0.355 bits per heavy atom. The van der Waals surface area contributed by atoms with Crippen LogP contribution in [0.4, 0.5) is 11.4 Å². The fourth-order valence-corrected chi connectivity index (χ4v) is 14.0. The molecule has 4 aliphatic heterocycles. The number of benzene rings is 8. The van der Waals surface area contributed by atoms with Crippen LogP contribution in [0.1, 0.15) is 103 Å². The summed E-state index contributed by atoms with van der Waals surface area (Å²) in [6, 6.07) is 51.9. The predicted molar refractivity (Wildman–Crippen MR) is 316 cm³/mol. The van der Waals surface area contributed by atoms with E-state index in [1.54, 1.807) is 0 Å². The van der Waals surface area contributed by atoms with Crippen LogP contribution in [-0.4, -0.2) is 26.2 Å². The van der Waals surface area contributed by atoms with Crippen molar-refractivity contribution in [1.82, 2.24) is 0 Å². The standard InChI is InChI=1S/C70H64N2O4/c1-67(2)29-33-71-35-31-69(5,6)59-61(71)57(67)39-45-37-55(65(73)75-63(45)59)43-25-21-41(22-26-43)47-13-9-17-51-49(47)15-11-19-53(51)54-20-12-16-50-48(14-10-18-52(50)54)42-23-27-44(28-24-42)56-38-46-40-58-62-60(64(46)76-66(56)74)70(7,8)32-36-72(62)34-30-68(58,3)4/h9-28,37-40H,29-36H2,1-8H3. The van der Waals surface area contributed by atoms with Crippen molar-refractivity contribution < 1.29 is 8.83 Å². The van der Waals surface area contributed by atoms with Gasteiger partial charge in [0.15, 0.2) is 0 Å². The summed E-state index contributed by atoms with van der Waals surface area (Å²) in [5, 5.41) is 6.65. The van der Waals surface area contributed by atoms with Crippen LogP contribution < -0.4 is 21.1 Å². The molecule has 0 N–H and O–H groups in total. The van der Waals surface area contributed by atoms with Crippen molar-refractivity contribution in [2.45, 2.75) is 103 Å². The summed E-state index contributed by atoms with van der Waals surface area (Å²) in [6.45, 7) is 22.7. The van der Waals surface area contributed by atoms with E-state index in [4.69, 9.17) is 8.83 Å². The van der Waals surface area contributed by atoms with Crippen molar-refractivity contribution in [2.75, 3.05) is 36.0 Å². The van der Waals surface area contributed by atoms with Crippen LogP contribution in [0.5, 0.6) is 0 Å². The molecule has 0 aliphatic carbocycles. The van der Waals surface area contributed by atoms with Crippen LogP contribution in [0.2, 0.25) is 0 Å². The molecule has 6 heterocycles. The number of rotatable bonds is 5. The van der Waals surface area contributed by atoms with Gasteiger partial charge in [-0.25, -0.2) is 9.59 Å². The predicted octanol–water partition coefficient (Wildman–Crippen LogP) is 16.9. The molecule has 0 saturated heterocycles. The molecule has 0 atom stereocenters. The van der Waals surface area contributed by atoms with Crippen LogP contribution in [0.15, 0.2) is 164 Å². The molecule has 14 rings (SSSR count). The van der Waals surface area contributed by atoms with E-state index in [2.05, 4.69) is 211 Å². The van der Waals surface area contributed by atoms with E-state index in [9.17, 15) is 9.59 Å². The van der Waals surface area contributed by atoms with Gasteiger partial charge in [0.1, 0.15) is 11.2 Å². The van der Waals surface area contributed by atoms with Gasteiger partial charge < -0.3 is 18.6 Å². The molecule has 4 aliphatic rings. The van der Waals surface area contributed by atoms with Crippen molar-refractivity contribution in [2.24, 2.45) is 0 Å². The maximum absolute atomic E-state index is 14.0. The van der Waals surface area contributed by atoms with Gasteiger partial charge in [-0.1, -0.05) is 177 Å². The van der Waals surface area contributed by atoms with E-state index < -0.39 is 0 Å². The first-order valence-electron chi connectivity index (χ1n) is 27.5. The van der Waals surface area contributed by atoms with Gasteiger partial charge in [-0.15, -0.1) is 0 Å². The van der Waals surface area contributed by atoms with Gasteiger partial charge in [0.05, 0.1) is 11.1 Å². The molecule has 0 bridgehead atoms. The maximum Gasteiger partial charge on any atom is 0.344 e. The zero-order valence-electron chi connectivity index (χ0n) is 45.0. The highest BCUT2D eigenvalue weighted by Gasteiger charge is 2.44. The molecule has 0 radical (unpaired) electrons. The Kier molecular flexibility index (Phi) is 10.1. The van der Waals surface area contributed by atoms with Crippen molar-refractivity contribution in [3.8, 4) is 55.6 Å². The summed E-state index contributed by atoms with van der Waals surface area (Å²) in [4.78, 5) is 33.1. The summed E-state index contributed by atoms with van der Waals surface area (Å²) in [5.74, 6) is 0. The van der Waals surface area contributed by atoms with E-state index in [0.29, 0.717) is 11.1 Å². The fourth-order valence-electron chi connectivity index (χ4n) is 14.0. The number of hydrogen-bond acceptors (Lipinski definition) is 6. The van der Waals surface area contributed by atoms with Gasteiger partial charge in [0.25, 0.3) is 0 Å². The van der Waals surface area contributed by atoms with Crippen molar-refractivity contribution in [1.29, 1.82) is 0 Å². The van der Waals surface area contributed by atoms with Crippen LogP contribution in [0.25, 0.3) is 99.1 Å². The van der Waals surface area contributed by atoms with Gasteiger partial charge in [-0.05, 0) is 149 Å². The molecule has 378 valence electrons. The Balaban J connectivity index is 0.794. The lowest BCUT2D eigenvalue weighted by Gasteiger charge is -2.48. The molecule has 10 aromatic rings. The molecule has 0 spiro atoms. The van der Waals surface area contributed by atoms with Crippen molar-refractivity contribution in [3.63, 3.8) is 0 Å². The molecule has 0 amide bonds. The van der Waals surface area contributed by atoms with Crippen molar-refractivity contribution in [3.05, 3.63) is 189 Å². The monoisotopic (exact) mass is 996 g/mol. The molecule has 76 heavy (non-hydrogen) atoms. The number of nitrogens with zero attached hydrogens (tertiary/aromatic N) is 2. The second kappa shape index (κ2) is 16.4. The second-order valence-electron chi connectivity index (χ2n) is 25.1. The number of hydrogen-bond donors (Lipinski definition) is 0. The average Bonchev–Trinajstić information content (AvgIpc) is 3.61. The quantitative estimate of drug-likeness (QED) is 0.160. The van der Waals surface area contributed by atoms with Gasteiger partial charge in [0.2, 0.25) is 0 Å². The van der Waals surface area contributed by atoms with Gasteiger partial charge in [-0.3, -0.25) is 0 Å². The largest absolute Gasteiger partial charge is 0.422 e. The number of anilines is 2. The Morgan fingerprint density at radius 3 is 1.01 bits per heavy atom. The first-order chi connectivity index (χ1) is 36.5. The first-order valence-corrected chi connectivity index (χ1v) is 27.5. The van der Waals surface area contributed by atoms with Gasteiger partial charge >= 0.3 is 11.3 Å². The second-order valence-corrected chi connectivity index (χ2v) is 25.1. The smallest absolute Gasteiger partial charge is 0.344 e. The highest BCUT2D eigenvalue weighted by Crippen LogP contribution is 2.54. The fraction of sp³-hybridized carbons (Fsp3) is 0.286. The molecule has 2 aromatic heterocycles. The summed E-state index contributed by atoms with van der Waals surface area (Å²) in [7, 11) is 0. The molecule has 6 heteroatoms. The molecular weight excluding hydrogens is 933 g/mol. The SMILES string of the molecule is CC1(C)CCN2CCC(C)(C)c3c2c1cc1cc(-c2ccc(-c4cccc5c(-c6cccc7c(-c8ccc(-c9cc%10cc%11c%12c(c%10oc9=O)C(C)(C)CCN%12CCC%11(C)C)cc8)cccc67)cccc45)cc2)c(=O)oc31. The summed E-state index contributed by atoms with van der Waals surface area (Å²) >= 11 is 0. The lowest BCUT2D eigenvalue weighted by molar-refractivity contribution is 0.398. The van der Waals surface area contributed by atoms with Crippen LogP contribution in [0, 0.1) is 0 Å². The normalized spacial score (nSPS) is 17.8. The Morgan fingerprint density at radius 2 is 0.658 bits per heavy atom. The molecule has 8 aromatic carbocycles. The first kappa shape index (κ1) is 46.8. The minimum Gasteiger partial charge on any atom is -0.422 e. The average molecular weight is 997 g/mol. The maximum atomic E-state index is 14.0. The molecule has 6 nitrogen and oxygen atoms in total. The van der Waals surface area contributed by atoms with E-state index in [0.717, 1.165) is 129 Å². The van der Waals surface area contributed by atoms with E-state index in [1.807, 2.05) is 0 Å². The topological polar surface area (TPSA) is 66.9 Å². The third kappa shape index (κ3) is 7.05. The van der Waals surface area contributed by atoms with E-state index in [-0.39, 0.29) is 32.9 Å². The highest BCUT2D eigenvalue weighted by atomic mass is 16.4. The Hall–Kier alpha value is -7.70. The minimum absolute atomic E-state index is 0.0282. The molecule has 0 fully saturated rings. The lowest BCUT2D eigenvalue weighted by Crippen LogP contribution is -2.44.